The number of hydrogen-bond donors (Lipinski definition) is 0. The molecule has 3 rings (SSSR count). The van der Waals surface area contributed by atoms with Gasteiger partial charge in [-0.15, -0.1) is 0 Å². The predicted molar refractivity (Wildman–Crippen MR) is 64.1 cm³/mol. The minimum absolute atomic E-state index is 0.651. The van der Waals surface area contributed by atoms with E-state index >= 15 is 0 Å². The third-order valence-corrected chi connectivity index (χ3v) is 4.01. The topological polar surface area (TPSA) is 46.3 Å². The van der Waals surface area contributed by atoms with E-state index in [1.807, 2.05) is 24.3 Å². The van der Waals surface area contributed by atoms with Crippen molar-refractivity contribution in [3.8, 4) is 0 Å². The van der Waals surface area contributed by atoms with E-state index in [0.29, 0.717) is 17.5 Å². The molecule has 0 N–H and O–H groups in total. The van der Waals surface area contributed by atoms with Crippen LogP contribution in [0.3, 0.4) is 0 Å². The Morgan fingerprint density at radius 1 is 1.25 bits per heavy atom. The Morgan fingerprint density at radius 2 is 2.00 bits per heavy atom. The zero-order valence-electron chi connectivity index (χ0n) is 8.76. The molecule has 1 aliphatic rings. The molecule has 2 aromatic rings. The first kappa shape index (κ1) is 9.84. The summed E-state index contributed by atoms with van der Waals surface area (Å²) >= 11 is 0. The zero-order chi connectivity index (χ0) is 11.0. The van der Waals surface area contributed by atoms with Gasteiger partial charge in [0.2, 0.25) is 0 Å². The van der Waals surface area contributed by atoms with Crippen molar-refractivity contribution in [3.63, 3.8) is 0 Å². The number of fused-ring (bicyclic) bond motifs is 1. The highest BCUT2D eigenvalue weighted by atomic mass is 32.2. The summed E-state index contributed by atoms with van der Waals surface area (Å²) in [6.07, 6.45) is 0. The average Bonchev–Trinajstić information content (AvgIpc) is 2.73. The van der Waals surface area contributed by atoms with E-state index in [4.69, 9.17) is 4.42 Å². The Balaban J connectivity index is 1.91. The van der Waals surface area contributed by atoms with Crippen molar-refractivity contribution in [2.45, 2.75) is 0 Å². The highest BCUT2D eigenvalue weighted by Crippen LogP contribution is 2.22. The number of rotatable bonds is 1. The summed E-state index contributed by atoms with van der Waals surface area (Å²) in [5, 5.41) is 0. The number of para-hydroxylation sites is 2. The first-order valence-corrected chi connectivity index (χ1v) is 6.77. The quantitative estimate of drug-likeness (QED) is 0.750. The van der Waals surface area contributed by atoms with Gasteiger partial charge in [0.15, 0.2) is 5.58 Å². The summed E-state index contributed by atoms with van der Waals surface area (Å²) < 4.78 is 16.9. The molecule has 0 unspecified atom stereocenters. The Bertz CT molecular complexity index is 495. The molecule has 0 atom stereocenters. The van der Waals surface area contributed by atoms with Gasteiger partial charge in [-0.3, -0.25) is 4.21 Å². The first-order valence-electron chi connectivity index (χ1n) is 5.28. The molecule has 0 aliphatic carbocycles. The van der Waals surface area contributed by atoms with E-state index in [2.05, 4.69) is 9.88 Å². The number of nitrogens with zero attached hydrogens (tertiary/aromatic N) is 2. The molecule has 1 aromatic carbocycles. The van der Waals surface area contributed by atoms with Crippen LogP contribution < -0.4 is 4.90 Å². The molecule has 5 heteroatoms. The molecule has 1 fully saturated rings. The van der Waals surface area contributed by atoms with E-state index in [1.54, 1.807) is 0 Å². The van der Waals surface area contributed by atoms with Crippen LogP contribution in [0.25, 0.3) is 11.1 Å². The van der Waals surface area contributed by atoms with E-state index in [-0.39, 0.29) is 0 Å². The number of benzene rings is 1. The smallest absolute Gasteiger partial charge is 0.298 e. The molecule has 0 saturated carbocycles. The fraction of sp³-hybridized carbons (Fsp3) is 0.364. The summed E-state index contributed by atoms with van der Waals surface area (Å²) in [6.45, 7) is 1.53. The standard InChI is InChI=1S/C11H12N2O2S/c14-16-7-5-13(6-8-16)11-12-9-3-1-2-4-10(9)15-11/h1-4H,5-8H2. The lowest BCUT2D eigenvalue weighted by Crippen LogP contribution is -2.37. The first-order chi connectivity index (χ1) is 7.83. The minimum Gasteiger partial charge on any atom is -0.423 e. The molecule has 0 amide bonds. The fourth-order valence-corrected chi connectivity index (χ4v) is 2.88. The molecule has 2 heterocycles. The van der Waals surface area contributed by atoms with Crippen molar-refractivity contribution in [3.05, 3.63) is 24.3 Å². The van der Waals surface area contributed by atoms with Crippen LogP contribution >= 0.6 is 0 Å². The lowest BCUT2D eigenvalue weighted by molar-refractivity contribution is 0.572. The van der Waals surface area contributed by atoms with E-state index < -0.39 is 10.8 Å². The van der Waals surface area contributed by atoms with Gasteiger partial charge < -0.3 is 9.32 Å². The predicted octanol–water partition coefficient (Wildman–Crippen LogP) is 1.40. The number of aromatic nitrogens is 1. The van der Waals surface area contributed by atoms with Gasteiger partial charge in [0, 0.05) is 35.4 Å². The molecule has 1 saturated heterocycles. The van der Waals surface area contributed by atoms with Crippen LogP contribution in [0.4, 0.5) is 6.01 Å². The average molecular weight is 236 g/mol. The summed E-state index contributed by atoms with van der Waals surface area (Å²) in [5.74, 6) is 1.41. The van der Waals surface area contributed by atoms with Crippen LogP contribution in [0.15, 0.2) is 28.7 Å². The molecule has 16 heavy (non-hydrogen) atoms. The summed E-state index contributed by atoms with van der Waals surface area (Å²) in [7, 11) is -0.664. The second-order valence-corrected chi connectivity index (χ2v) is 5.50. The molecule has 0 radical (unpaired) electrons. The van der Waals surface area contributed by atoms with E-state index in [1.165, 1.54) is 0 Å². The van der Waals surface area contributed by atoms with Gasteiger partial charge in [0.25, 0.3) is 6.01 Å². The molecular formula is C11H12N2O2S. The third kappa shape index (κ3) is 1.71. The van der Waals surface area contributed by atoms with Crippen LogP contribution in [0.1, 0.15) is 0 Å². The van der Waals surface area contributed by atoms with Gasteiger partial charge in [-0.1, -0.05) is 12.1 Å². The van der Waals surface area contributed by atoms with Crippen LogP contribution in [-0.4, -0.2) is 33.8 Å². The Hall–Kier alpha value is -1.36. The lowest BCUT2D eigenvalue weighted by Gasteiger charge is -2.24. The van der Waals surface area contributed by atoms with Crippen molar-refractivity contribution in [1.82, 2.24) is 4.98 Å². The second kappa shape index (κ2) is 3.90. The van der Waals surface area contributed by atoms with Crippen molar-refractivity contribution >= 4 is 27.9 Å². The van der Waals surface area contributed by atoms with Gasteiger partial charge in [-0.25, -0.2) is 0 Å². The van der Waals surface area contributed by atoms with Crippen LogP contribution in [-0.2, 0) is 10.8 Å². The van der Waals surface area contributed by atoms with Gasteiger partial charge >= 0.3 is 0 Å². The Labute approximate surface area is 95.7 Å². The van der Waals surface area contributed by atoms with E-state index in [9.17, 15) is 4.21 Å². The molecular weight excluding hydrogens is 224 g/mol. The zero-order valence-corrected chi connectivity index (χ0v) is 9.57. The molecule has 0 bridgehead atoms. The third-order valence-electron chi connectivity index (χ3n) is 2.73. The maximum absolute atomic E-state index is 11.2. The van der Waals surface area contributed by atoms with Crippen molar-refractivity contribution in [1.29, 1.82) is 0 Å². The maximum Gasteiger partial charge on any atom is 0.298 e. The molecule has 1 aromatic heterocycles. The second-order valence-electron chi connectivity index (χ2n) is 3.80. The van der Waals surface area contributed by atoms with Crippen molar-refractivity contribution < 1.29 is 8.63 Å². The van der Waals surface area contributed by atoms with Gasteiger partial charge in [0.05, 0.1) is 0 Å². The molecule has 84 valence electrons. The van der Waals surface area contributed by atoms with Gasteiger partial charge in [-0.2, -0.15) is 4.98 Å². The molecule has 0 spiro atoms. The largest absolute Gasteiger partial charge is 0.423 e. The highest BCUT2D eigenvalue weighted by Gasteiger charge is 2.19. The highest BCUT2D eigenvalue weighted by molar-refractivity contribution is 7.85. The summed E-state index contributed by atoms with van der Waals surface area (Å²) in [4.78, 5) is 6.48. The normalized spacial score (nSPS) is 18.1. The lowest BCUT2D eigenvalue weighted by atomic mass is 10.3. The van der Waals surface area contributed by atoms with Crippen LogP contribution in [0.5, 0.6) is 0 Å². The van der Waals surface area contributed by atoms with Crippen LogP contribution in [0, 0.1) is 0 Å². The van der Waals surface area contributed by atoms with Gasteiger partial charge in [-0.05, 0) is 12.1 Å². The summed E-state index contributed by atoms with van der Waals surface area (Å²) in [5.41, 5.74) is 1.69. The minimum atomic E-state index is -0.664. The number of oxazole rings is 1. The maximum atomic E-state index is 11.2. The van der Waals surface area contributed by atoms with Crippen LogP contribution in [0.2, 0.25) is 0 Å². The SMILES string of the molecule is O=S1CCN(c2nc3ccccc3o2)CC1. The Morgan fingerprint density at radius 3 is 2.75 bits per heavy atom. The summed E-state index contributed by atoms with van der Waals surface area (Å²) in [6, 6.07) is 8.37. The molecule has 4 nitrogen and oxygen atoms in total. The number of anilines is 1. The van der Waals surface area contributed by atoms with Crippen molar-refractivity contribution in [2.24, 2.45) is 0 Å². The van der Waals surface area contributed by atoms with Crippen molar-refractivity contribution in [2.75, 3.05) is 29.5 Å². The number of hydrogen-bond acceptors (Lipinski definition) is 4. The molecule has 1 aliphatic heterocycles. The monoisotopic (exact) mass is 236 g/mol. The van der Waals surface area contributed by atoms with E-state index in [0.717, 1.165) is 24.2 Å². The Kier molecular flexibility index (Phi) is 2.40. The fourth-order valence-electron chi connectivity index (χ4n) is 1.82. The van der Waals surface area contributed by atoms with Gasteiger partial charge in [0.1, 0.15) is 5.52 Å².